The van der Waals surface area contributed by atoms with E-state index in [0.717, 1.165) is 12.8 Å². The van der Waals surface area contributed by atoms with E-state index in [1.165, 1.54) is 25.7 Å². The Labute approximate surface area is 100 Å². The first-order valence-electron chi connectivity index (χ1n) is 6.51. The molecule has 0 heterocycles. The molecule has 2 heteroatoms. The average molecular weight is 226 g/mol. The molecule has 0 fully saturated rings. The van der Waals surface area contributed by atoms with Crippen molar-refractivity contribution >= 4 is 5.97 Å². The van der Waals surface area contributed by atoms with Gasteiger partial charge in [-0.25, -0.2) is 0 Å². The van der Waals surface area contributed by atoms with Gasteiger partial charge in [0, 0.05) is 6.42 Å². The number of hydrogen-bond acceptors (Lipinski definition) is 2. The second-order valence-electron chi connectivity index (χ2n) is 4.40. The molecule has 0 rings (SSSR count). The third-order valence-electron chi connectivity index (χ3n) is 2.26. The van der Waals surface area contributed by atoms with E-state index in [4.69, 9.17) is 4.74 Å². The van der Waals surface area contributed by atoms with Gasteiger partial charge < -0.3 is 4.74 Å². The molecule has 0 amide bonds. The van der Waals surface area contributed by atoms with E-state index in [1.807, 2.05) is 13.8 Å². The number of esters is 1. The van der Waals surface area contributed by atoms with Crippen LogP contribution in [0, 0.1) is 0 Å². The Kier molecular flexibility index (Phi) is 10.2. The van der Waals surface area contributed by atoms with Gasteiger partial charge in [0.05, 0.1) is 6.10 Å². The van der Waals surface area contributed by atoms with E-state index in [2.05, 4.69) is 19.1 Å². The van der Waals surface area contributed by atoms with Crippen LogP contribution in [-0.2, 0) is 9.53 Å². The van der Waals surface area contributed by atoms with Gasteiger partial charge in [0.15, 0.2) is 0 Å². The van der Waals surface area contributed by atoms with Crippen LogP contribution in [0.3, 0.4) is 0 Å². The standard InChI is InChI=1S/C14H26O2/c1-4-5-6-7-8-9-10-11-12-14(15)16-13(2)3/h8-9,13H,4-7,10-12H2,1-3H3/b9-8+. The van der Waals surface area contributed by atoms with Crippen LogP contribution in [0.25, 0.3) is 0 Å². The predicted molar refractivity (Wildman–Crippen MR) is 68.4 cm³/mol. The van der Waals surface area contributed by atoms with Crippen LogP contribution < -0.4 is 0 Å². The highest BCUT2D eigenvalue weighted by molar-refractivity contribution is 5.69. The Morgan fingerprint density at radius 2 is 1.75 bits per heavy atom. The van der Waals surface area contributed by atoms with Crippen molar-refractivity contribution in [2.24, 2.45) is 0 Å². The second-order valence-corrected chi connectivity index (χ2v) is 4.40. The summed E-state index contributed by atoms with van der Waals surface area (Å²) < 4.78 is 5.05. The van der Waals surface area contributed by atoms with Crippen LogP contribution >= 0.6 is 0 Å². The maximum absolute atomic E-state index is 11.2. The lowest BCUT2D eigenvalue weighted by molar-refractivity contribution is -0.147. The van der Waals surface area contributed by atoms with Crippen LogP contribution in [0.15, 0.2) is 12.2 Å². The zero-order chi connectivity index (χ0) is 12.2. The fraction of sp³-hybridized carbons (Fsp3) is 0.786. The Morgan fingerprint density at radius 1 is 1.12 bits per heavy atom. The van der Waals surface area contributed by atoms with Crippen molar-refractivity contribution in [2.75, 3.05) is 0 Å². The summed E-state index contributed by atoms with van der Waals surface area (Å²) in [5.41, 5.74) is 0. The number of unbranched alkanes of at least 4 members (excludes halogenated alkanes) is 4. The van der Waals surface area contributed by atoms with Gasteiger partial charge >= 0.3 is 5.97 Å². The van der Waals surface area contributed by atoms with E-state index >= 15 is 0 Å². The fourth-order valence-corrected chi connectivity index (χ4v) is 1.43. The molecule has 0 bridgehead atoms. The zero-order valence-corrected chi connectivity index (χ0v) is 11.0. The van der Waals surface area contributed by atoms with Gasteiger partial charge in [0.2, 0.25) is 0 Å². The first-order chi connectivity index (χ1) is 7.66. The molecule has 0 saturated carbocycles. The van der Waals surface area contributed by atoms with E-state index in [0.29, 0.717) is 6.42 Å². The maximum atomic E-state index is 11.2. The molecule has 94 valence electrons. The number of carbonyl (C=O) groups is 1. The van der Waals surface area contributed by atoms with Gasteiger partial charge in [-0.15, -0.1) is 0 Å². The second kappa shape index (κ2) is 10.7. The number of allylic oxidation sites excluding steroid dienone is 2. The van der Waals surface area contributed by atoms with Gasteiger partial charge in [-0.3, -0.25) is 4.79 Å². The summed E-state index contributed by atoms with van der Waals surface area (Å²) >= 11 is 0. The lowest BCUT2D eigenvalue weighted by Crippen LogP contribution is -2.10. The molecule has 0 saturated heterocycles. The molecule has 0 aromatic carbocycles. The molecule has 0 aromatic heterocycles. The molecular weight excluding hydrogens is 200 g/mol. The van der Waals surface area contributed by atoms with Gasteiger partial charge in [-0.2, -0.15) is 0 Å². The van der Waals surface area contributed by atoms with Crippen LogP contribution in [0.4, 0.5) is 0 Å². The molecule has 0 aromatic rings. The molecule has 0 spiro atoms. The third-order valence-corrected chi connectivity index (χ3v) is 2.26. The Morgan fingerprint density at radius 3 is 2.31 bits per heavy atom. The summed E-state index contributed by atoms with van der Waals surface area (Å²) in [4.78, 5) is 11.2. The first-order valence-corrected chi connectivity index (χ1v) is 6.51. The third kappa shape index (κ3) is 11.3. The highest BCUT2D eigenvalue weighted by Crippen LogP contribution is 2.04. The van der Waals surface area contributed by atoms with Gasteiger partial charge in [0.1, 0.15) is 0 Å². The van der Waals surface area contributed by atoms with Crippen LogP contribution in [0.1, 0.15) is 65.7 Å². The number of carbonyl (C=O) groups excluding carboxylic acids is 1. The minimum Gasteiger partial charge on any atom is -0.463 e. The summed E-state index contributed by atoms with van der Waals surface area (Å²) in [5, 5.41) is 0. The molecule has 0 atom stereocenters. The van der Waals surface area contributed by atoms with Crippen LogP contribution in [-0.4, -0.2) is 12.1 Å². The molecule has 0 aliphatic rings. The SMILES string of the molecule is CCCCC/C=C/CCCC(=O)OC(C)C. The Bertz CT molecular complexity index is 195. The van der Waals surface area contributed by atoms with Gasteiger partial charge in [0.25, 0.3) is 0 Å². The Balaban J connectivity index is 3.28. The van der Waals surface area contributed by atoms with Crippen molar-refractivity contribution in [3.63, 3.8) is 0 Å². The molecule has 0 aliphatic carbocycles. The normalized spacial score (nSPS) is 11.2. The van der Waals surface area contributed by atoms with Gasteiger partial charge in [-0.05, 0) is 39.5 Å². The highest BCUT2D eigenvalue weighted by Gasteiger charge is 2.03. The summed E-state index contributed by atoms with van der Waals surface area (Å²) in [6, 6.07) is 0. The number of hydrogen-bond donors (Lipinski definition) is 0. The van der Waals surface area contributed by atoms with E-state index in [9.17, 15) is 4.79 Å². The zero-order valence-electron chi connectivity index (χ0n) is 11.0. The summed E-state index contributed by atoms with van der Waals surface area (Å²) in [6.07, 6.45) is 11.9. The lowest BCUT2D eigenvalue weighted by Gasteiger charge is -2.06. The maximum Gasteiger partial charge on any atom is 0.306 e. The van der Waals surface area contributed by atoms with E-state index < -0.39 is 0 Å². The smallest absolute Gasteiger partial charge is 0.306 e. The summed E-state index contributed by atoms with van der Waals surface area (Å²) in [7, 11) is 0. The number of rotatable bonds is 9. The minimum absolute atomic E-state index is 0.0112. The average Bonchev–Trinajstić information content (AvgIpc) is 2.21. The molecular formula is C14H26O2. The molecule has 2 nitrogen and oxygen atoms in total. The van der Waals surface area contributed by atoms with E-state index in [1.54, 1.807) is 0 Å². The predicted octanol–water partition coefficient (Wildman–Crippen LogP) is 4.24. The van der Waals surface area contributed by atoms with Crippen molar-refractivity contribution in [1.29, 1.82) is 0 Å². The van der Waals surface area contributed by atoms with Crippen molar-refractivity contribution in [3.05, 3.63) is 12.2 Å². The topological polar surface area (TPSA) is 26.3 Å². The van der Waals surface area contributed by atoms with Crippen molar-refractivity contribution in [3.8, 4) is 0 Å². The summed E-state index contributed by atoms with van der Waals surface area (Å²) in [5.74, 6) is -0.0746. The number of ether oxygens (including phenoxy) is 1. The minimum atomic E-state index is -0.0746. The molecule has 0 N–H and O–H groups in total. The first kappa shape index (κ1) is 15.2. The fourth-order valence-electron chi connectivity index (χ4n) is 1.43. The van der Waals surface area contributed by atoms with Crippen molar-refractivity contribution < 1.29 is 9.53 Å². The molecule has 0 unspecified atom stereocenters. The highest BCUT2D eigenvalue weighted by atomic mass is 16.5. The van der Waals surface area contributed by atoms with Crippen molar-refractivity contribution in [2.45, 2.75) is 71.8 Å². The molecule has 0 radical (unpaired) electrons. The molecule has 16 heavy (non-hydrogen) atoms. The Hall–Kier alpha value is -0.790. The van der Waals surface area contributed by atoms with Crippen LogP contribution in [0.2, 0.25) is 0 Å². The largest absolute Gasteiger partial charge is 0.463 e. The monoisotopic (exact) mass is 226 g/mol. The quantitative estimate of drug-likeness (QED) is 0.334. The van der Waals surface area contributed by atoms with Gasteiger partial charge in [-0.1, -0.05) is 31.9 Å². The van der Waals surface area contributed by atoms with E-state index in [-0.39, 0.29) is 12.1 Å². The summed E-state index contributed by atoms with van der Waals surface area (Å²) in [6.45, 7) is 5.97. The van der Waals surface area contributed by atoms with Crippen molar-refractivity contribution in [1.82, 2.24) is 0 Å². The van der Waals surface area contributed by atoms with Crippen LogP contribution in [0.5, 0.6) is 0 Å². The lowest BCUT2D eigenvalue weighted by atomic mass is 10.1. The molecule has 0 aliphatic heterocycles.